The molecule has 2 aromatic carbocycles. The molecule has 0 N–H and O–H groups in total. The molecule has 160 valence electrons. The smallest absolute Gasteiger partial charge is 0.163 e. The summed E-state index contributed by atoms with van der Waals surface area (Å²) >= 11 is 6.10. The molecule has 1 saturated heterocycles. The molecule has 0 bridgehead atoms. The summed E-state index contributed by atoms with van der Waals surface area (Å²) in [6, 6.07) is 24.4. The van der Waals surface area contributed by atoms with Crippen LogP contribution >= 0.6 is 11.6 Å². The molecule has 6 heteroatoms. The number of piperazine rings is 1. The molecule has 0 aliphatic carbocycles. The van der Waals surface area contributed by atoms with Gasteiger partial charge in [0, 0.05) is 67.3 Å². The molecule has 1 aliphatic rings. The van der Waals surface area contributed by atoms with Crippen LogP contribution in [0.25, 0.3) is 22.6 Å². The summed E-state index contributed by atoms with van der Waals surface area (Å²) in [7, 11) is 0. The van der Waals surface area contributed by atoms with Gasteiger partial charge in [0.05, 0.1) is 5.69 Å². The highest BCUT2D eigenvalue weighted by Gasteiger charge is 2.20. The van der Waals surface area contributed by atoms with Crippen molar-refractivity contribution in [1.82, 2.24) is 19.9 Å². The summed E-state index contributed by atoms with van der Waals surface area (Å²) in [5.74, 6) is 1.63. The second-order valence-electron chi connectivity index (χ2n) is 7.93. The lowest BCUT2D eigenvalue weighted by molar-refractivity contribution is 0.249. The summed E-state index contributed by atoms with van der Waals surface area (Å²) in [4.78, 5) is 18.8. The number of hydrogen-bond acceptors (Lipinski definition) is 5. The number of pyridine rings is 1. The van der Waals surface area contributed by atoms with E-state index in [1.165, 1.54) is 5.56 Å². The van der Waals surface area contributed by atoms with E-state index in [-0.39, 0.29) is 0 Å². The molecule has 4 aromatic rings. The molecule has 1 fully saturated rings. The molecule has 3 heterocycles. The lowest BCUT2D eigenvalue weighted by Crippen LogP contribution is -2.46. The number of halogens is 1. The van der Waals surface area contributed by atoms with E-state index in [1.54, 1.807) is 6.20 Å². The van der Waals surface area contributed by atoms with Crippen molar-refractivity contribution >= 4 is 17.4 Å². The zero-order valence-electron chi connectivity index (χ0n) is 17.7. The molecular formula is C26H24ClN5. The average Bonchev–Trinajstić information content (AvgIpc) is 2.86. The van der Waals surface area contributed by atoms with Gasteiger partial charge in [-0.1, -0.05) is 54.1 Å². The van der Waals surface area contributed by atoms with Crippen LogP contribution in [0.4, 0.5) is 5.82 Å². The van der Waals surface area contributed by atoms with Gasteiger partial charge in [-0.25, -0.2) is 9.97 Å². The normalized spacial score (nSPS) is 14.5. The van der Waals surface area contributed by atoms with Gasteiger partial charge >= 0.3 is 0 Å². The van der Waals surface area contributed by atoms with Crippen molar-refractivity contribution in [2.75, 3.05) is 31.1 Å². The molecule has 32 heavy (non-hydrogen) atoms. The predicted molar refractivity (Wildman–Crippen MR) is 130 cm³/mol. The van der Waals surface area contributed by atoms with Gasteiger partial charge in [0.15, 0.2) is 5.82 Å². The molecular weight excluding hydrogens is 418 g/mol. The molecule has 5 rings (SSSR count). The number of benzene rings is 2. The maximum atomic E-state index is 6.10. The summed E-state index contributed by atoms with van der Waals surface area (Å²) in [6.45, 7) is 4.83. The molecule has 5 nitrogen and oxygen atoms in total. The third-order valence-electron chi connectivity index (χ3n) is 5.72. The maximum Gasteiger partial charge on any atom is 0.163 e. The number of anilines is 1. The van der Waals surface area contributed by atoms with Crippen LogP contribution in [0, 0.1) is 0 Å². The van der Waals surface area contributed by atoms with E-state index in [9.17, 15) is 0 Å². The molecule has 1 aliphatic heterocycles. The number of nitrogens with zero attached hydrogens (tertiary/aromatic N) is 5. The zero-order valence-corrected chi connectivity index (χ0v) is 18.5. The van der Waals surface area contributed by atoms with E-state index in [1.807, 2.05) is 42.6 Å². The Morgan fingerprint density at radius 3 is 2.28 bits per heavy atom. The molecule has 0 spiro atoms. The van der Waals surface area contributed by atoms with Crippen molar-refractivity contribution in [2.45, 2.75) is 6.54 Å². The van der Waals surface area contributed by atoms with Gasteiger partial charge in [-0.05, 0) is 29.8 Å². The highest BCUT2D eigenvalue weighted by Crippen LogP contribution is 2.27. The maximum absolute atomic E-state index is 6.10. The first-order chi connectivity index (χ1) is 15.7. The Morgan fingerprint density at radius 2 is 1.56 bits per heavy atom. The first-order valence-corrected chi connectivity index (χ1v) is 11.2. The Hall–Kier alpha value is -3.28. The van der Waals surface area contributed by atoms with Crippen molar-refractivity contribution in [3.8, 4) is 22.6 Å². The van der Waals surface area contributed by atoms with E-state index in [2.05, 4.69) is 51.2 Å². The van der Waals surface area contributed by atoms with Gasteiger partial charge in [0.1, 0.15) is 5.82 Å². The summed E-state index contributed by atoms with van der Waals surface area (Å²) in [5.41, 5.74) is 4.17. The highest BCUT2D eigenvalue weighted by atomic mass is 35.5. The van der Waals surface area contributed by atoms with Crippen molar-refractivity contribution in [2.24, 2.45) is 0 Å². The monoisotopic (exact) mass is 441 g/mol. The minimum atomic E-state index is 0.687. The van der Waals surface area contributed by atoms with E-state index in [0.717, 1.165) is 55.4 Å². The minimum absolute atomic E-state index is 0.687. The van der Waals surface area contributed by atoms with Crippen LogP contribution in [-0.2, 0) is 6.54 Å². The fraction of sp³-hybridized carbons (Fsp3) is 0.192. The molecule has 0 amide bonds. The zero-order chi connectivity index (χ0) is 21.8. The predicted octanol–water partition coefficient (Wildman–Crippen LogP) is 5.18. The second kappa shape index (κ2) is 9.47. The first-order valence-electron chi connectivity index (χ1n) is 10.8. The van der Waals surface area contributed by atoms with E-state index < -0.39 is 0 Å². The number of rotatable bonds is 5. The summed E-state index contributed by atoms with van der Waals surface area (Å²) < 4.78 is 0. The Balaban J connectivity index is 1.40. The second-order valence-corrected chi connectivity index (χ2v) is 8.37. The molecule has 0 saturated carbocycles. The Morgan fingerprint density at radius 1 is 0.781 bits per heavy atom. The SMILES string of the molecule is Clc1ccc(-c2cc(N3CCN(Cc4ccccc4)CC3)nc(-c3cccnc3)n2)cc1. The van der Waals surface area contributed by atoms with E-state index in [0.29, 0.717) is 10.8 Å². The largest absolute Gasteiger partial charge is 0.354 e. The third-order valence-corrected chi connectivity index (χ3v) is 5.97. The van der Waals surface area contributed by atoms with E-state index >= 15 is 0 Å². The molecule has 0 unspecified atom stereocenters. The van der Waals surface area contributed by atoms with Gasteiger partial charge < -0.3 is 4.90 Å². The van der Waals surface area contributed by atoms with Crippen LogP contribution in [0.1, 0.15) is 5.56 Å². The van der Waals surface area contributed by atoms with Crippen molar-refractivity contribution < 1.29 is 0 Å². The van der Waals surface area contributed by atoms with Crippen LogP contribution in [-0.4, -0.2) is 46.0 Å². The van der Waals surface area contributed by atoms with Crippen LogP contribution < -0.4 is 4.90 Å². The van der Waals surface area contributed by atoms with Crippen LogP contribution in [0.5, 0.6) is 0 Å². The minimum Gasteiger partial charge on any atom is -0.354 e. The molecule has 2 aromatic heterocycles. The Kier molecular flexibility index (Phi) is 6.10. The van der Waals surface area contributed by atoms with Crippen molar-refractivity contribution in [3.63, 3.8) is 0 Å². The van der Waals surface area contributed by atoms with E-state index in [4.69, 9.17) is 21.6 Å². The highest BCUT2D eigenvalue weighted by molar-refractivity contribution is 6.30. The fourth-order valence-electron chi connectivity index (χ4n) is 3.97. The summed E-state index contributed by atoms with van der Waals surface area (Å²) in [6.07, 6.45) is 3.57. The van der Waals surface area contributed by atoms with Gasteiger partial charge in [-0.3, -0.25) is 9.88 Å². The van der Waals surface area contributed by atoms with Gasteiger partial charge in [-0.2, -0.15) is 0 Å². The topological polar surface area (TPSA) is 45.2 Å². The quantitative estimate of drug-likeness (QED) is 0.427. The number of aromatic nitrogens is 3. The van der Waals surface area contributed by atoms with Gasteiger partial charge in [-0.15, -0.1) is 0 Å². The van der Waals surface area contributed by atoms with Crippen LogP contribution in [0.15, 0.2) is 85.2 Å². The fourth-order valence-corrected chi connectivity index (χ4v) is 4.09. The number of hydrogen-bond donors (Lipinski definition) is 0. The lowest BCUT2D eigenvalue weighted by atomic mass is 10.1. The Bertz CT molecular complexity index is 1160. The van der Waals surface area contributed by atoms with Crippen molar-refractivity contribution in [1.29, 1.82) is 0 Å². The van der Waals surface area contributed by atoms with Crippen molar-refractivity contribution in [3.05, 3.63) is 95.8 Å². The van der Waals surface area contributed by atoms with Crippen LogP contribution in [0.2, 0.25) is 5.02 Å². The van der Waals surface area contributed by atoms with Gasteiger partial charge in [0.2, 0.25) is 0 Å². The third kappa shape index (κ3) is 4.79. The van der Waals surface area contributed by atoms with Gasteiger partial charge in [0.25, 0.3) is 0 Å². The molecule has 0 atom stereocenters. The lowest BCUT2D eigenvalue weighted by Gasteiger charge is -2.35. The molecule has 0 radical (unpaired) electrons. The first kappa shape index (κ1) is 20.6. The summed E-state index contributed by atoms with van der Waals surface area (Å²) in [5, 5.41) is 0.713. The van der Waals surface area contributed by atoms with Crippen LogP contribution in [0.3, 0.4) is 0 Å². The Labute approximate surface area is 193 Å². The standard InChI is InChI=1S/C26H24ClN5/c27-23-10-8-21(9-11-23)24-17-25(30-26(29-24)22-7-4-12-28-18-22)32-15-13-31(14-16-32)19-20-5-2-1-3-6-20/h1-12,17-18H,13-16,19H2. The average molecular weight is 442 g/mol.